The molecule has 37 heavy (non-hydrogen) atoms. The molecule has 3 heterocycles. The molecule has 0 aliphatic carbocycles. The summed E-state index contributed by atoms with van der Waals surface area (Å²) in [5.74, 6) is -0.0895. The van der Waals surface area contributed by atoms with Gasteiger partial charge in [-0.1, -0.05) is 6.07 Å². The van der Waals surface area contributed by atoms with Crippen molar-refractivity contribution in [3.8, 4) is 5.75 Å². The number of benzene rings is 1. The fourth-order valence-corrected chi connectivity index (χ4v) is 6.09. The molecular weight excluding hydrogens is 498 g/mol. The standard InChI is InChI=1S/C24H31N7O5S/c1-16(14-32)31(15-25)23(26)20-6-5-7-22(27-20)28-24(33)19-10-17-12-30(13-18(17)11-21(19)36-2)37(34,35)29-8-3-4-9-29/h5-7,10-11,15-16,25-26,32H,3-4,8-9,12-14H2,1-2H3,(H,27,28,33)/t16-/m1/s1. The van der Waals surface area contributed by atoms with Crippen LogP contribution in [0.5, 0.6) is 5.75 Å². The zero-order valence-corrected chi connectivity index (χ0v) is 21.6. The Hall–Kier alpha value is -3.39. The van der Waals surface area contributed by atoms with Gasteiger partial charge in [0.1, 0.15) is 17.3 Å². The van der Waals surface area contributed by atoms with Crippen molar-refractivity contribution < 1.29 is 23.1 Å². The summed E-state index contributed by atoms with van der Waals surface area (Å²) in [6, 6.07) is 7.62. The zero-order valence-electron chi connectivity index (χ0n) is 20.8. The number of rotatable bonds is 9. The van der Waals surface area contributed by atoms with Gasteiger partial charge in [0.05, 0.1) is 31.7 Å². The lowest BCUT2D eigenvalue weighted by Crippen LogP contribution is -2.39. The summed E-state index contributed by atoms with van der Waals surface area (Å²) in [7, 11) is -2.13. The second-order valence-corrected chi connectivity index (χ2v) is 10.9. The number of nitrogens with one attached hydrogen (secondary N) is 3. The highest BCUT2D eigenvalue weighted by Crippen LogP contribution is 2.33. The van der Waals surface area contributed by atoms with E-state index in [0.717, 1.165) is 30.3 Å². The topological polar surface area (TPSA) is 163 Å². The Kier molecular flexibility index (Phi) is 7.87. The first-order chi connectivity index (χ1) is 17.7. The predicted octanol–water partition coefficient (Wildman–Crippen LogP) is 1.61. The van der Waals surface area contributed by atoms with Crippen molar-refractivity contribution >= 4 is 34.1 Å². The largest absolute Gasteiger partial charge is 0.496 e. The zero-order chi connectivity index (χ0) is 26.7. The molecule has 1 amide bonds. The highest BCUT2D eigenvalue weighted by atomic mass is 32.2. The minimum Gasteiger partial charge on any atom is -0.496 e. The van der Waals surface area contributed by atoms with E-state index < -0.39 is 22.2 Å². The molecule has 2 aliphatic heterocycles. The van der Waals surface area contributed by atoms with Crippen LogP contribution in [0.15, 0.2) is 30.3 Å². The first-order valence-corrected chi connectivity index (χ1v) is 13.3. The molecule has 1 aromatic carbocycles. The number of amides is 1. The van der Waals surface area contributed by atoms with Gasteiger partial charge in [0, 0.05) is 26.2 Å². The Balaban J connectivity index is 1.54. The number of nitrogens with zero attached hydrogens (tertiary/aromatic N) is 4. The normalized spacial score (nSPS) is 16.7. The van der Waals surface area contributed by atoms with Gasteiger partial charge in [-0.2, -0.15) is 17.0 Å². The van der Waals surface area contributed by atoms with Gasteiger partial charge < -0.3 is 20.1 Å². The molecule has 1 fully saturated rings. The fraction of sp³-hybridized carbons (Fsp3) is 0.417. The molecule has 0 bridgehead atoms. The van der Waals surface area contributed by atoms with Gasteiger partial charge in [-0.25, -0.2) is 4.98 Å². The molecule has 4 rings (SSSR count). The van der Waals surface area contributed by atoms with Crippen LogP contribution in [0.1, 0.15) is 46.9 Å². The average Bonchev–Trinajstić information content (AvgIpc) is 3.59. The molecule has 1 atom stereocenters. The highest BCUT2D eigenvalue weighted by molar-refractivity contribution is 7.86. The molecule has 12 nitrogen and oxygen atoms in total. The first-order valence-electron chi connectivity index (χ1n) is 11.9. The Morgan fingerprint density at radius 1 is 1.24 bits per heavy atom. The van der Waals surface area contributed by atoms with Crippen LogP contribution in [0.4, 0.5) is 5.82 Å². The number of ether oxygens (including phenoxy) is 1. The molecule has 0 spiro atoms. The van der Waals surface area contributed by atoms with Crippen molar-refractivity contribution in [3.63, 3.8) is 0 Å². The SMILES string of the molecule is COc1cc2c(cc1C(=O)Nc1cccc(C(=N)N(C=N)[C@H](C)CO)n1)CN(S(=O)(=O)N1CCCC1)C2. The number of carbonyl (C=O) groups is 1. The van der Waals surface area contributed by atoms with Gasteiger partial charge >= 0.3 is 0 Å². The van der Waals surface area contributed by atoms with Crippen molar-refractivity contribution in [2.24, 2.45) is 0 Å². The lowest BCUT2D eigenvalue weighted by Gasteiger charge is -2.25. The molecule has 198 valence electrons. The lowest BCUT2D eigenvalue weighted by atomic mass is 10.0. The number of carbonyl (C=O) groups excluding carboxylic acids is 1. The monoisotopic (exact) mass is 529 g/mol. The molecule has 2 aromatic rings. The van der Waals surface area contributed by atoms with Crippen LogP contribution in [0.3, 0.4) is 0 Å². The van der Waals surface area contributed by atoms with Crippen LogP contribution in [0.2, 0.25) is 0 Å². The lowest BCUT2D eigenvalue weighted by molar-refractivity contribution is 0.102. The quantitative estimate of drug-likeness (QED) is 0.283. The summed E-state index contributed by atoms with van der Waals surface area (Å²) in [6.07, 6.45) is 2.65. The Morgan fingerprint density at radius 3 is 2.54 bits per heavy atom. The number of fused-ring (bicyclic) bond motifs is 1. The minimum atomic E-state index is -3.58. The van der Waals surface area contributed by atoms with Crippen LogP contribution in [-0.2, 0) is 23.3 Å². The second kappa shape index (κ2) is 10.9. The van der Waals surface area contributed by atoms with E-state index in [2.05, 4.69) is 10.3 Å². The van der Waals surface area contributed by atoms with Gasteiger partial charge in [-0.15, -0.1) is 0 Å². The molecule has 13 heteroatoms. The van der Waals surface area contributed by atoms with E-state index in [-0.39, 0.29) is 42.6 Å². The predicted molar refractivity (Wildman–Crippen MR) is 138 cm³/mol. The van der Waals surface area contributed by atoms with Crippen LogP contribution < -0.4 is 10.1 Å². The van der Waals surface area contributed by atoms with Gasteiger partial charge in [0.25, 0.3) is 16.1 Å². The summed E-state index contributed by atoms with van der Waals surface area (Å²) in [5, 5.41) is 28.0. The number of aromatic nitrogens is 1. The number of aliphatic hydroxyl groups excluding tert-OH is 1. The van der Waals surface area contributed by atoms with Crippen LogP contribution in [0, 0.1) is 10.8 Å². The van der Waals surface area contributed by atoms with E-state index in [0.29, 0.717) is 18.8 Å². The number of hydrogen-bond acceptors (Lipinski definition) is 8. The molecule has 1 saturated heterocycles. The molecule has 2 aliphatic rings. The third kappa shape index (κ3) is 5.34. The number of hydrogen-bond donors (Lipinski definition) is 4. The average molecular weight is 530 g/mol. The molecule has 0 unspecified atom stereocenters. The summed E-state index contributed by atoms with van der Waals surface area (Å²) >= 11 is 0. The summed E-state index contributed by atoms with van der Waals surface area (Å²) < 4.78 is 34.4. The van der Waals surface area contributed by atoms with Crippen LogP contribution in [-0.4, -0.2) is 82.9 Å². The number of anilines is 1. The van der Waals surface area contributed by atoms with Gasteiger partial charge in [-0.3, -0.25) is 15.6 Å². The van der Waals surface area contributed by atoms with E-state index in [9.17, 15) is 18.3 Å². The third-order valence-electron chi connectivity index (χ3n) is 6.55. The van der Waals surface area contributed by atoms with E-state index in [1.165, 1.54) is 20.6 Å². The highest BCUT2D eigenvalue weighted by Gasteiger charge is 2.36. The van der Waals surface area contributed by atoms with Crippen molar-refractivity contribution in [2.45, 2.75) is 38.9 Å². The second-order valence-electron chi connectivity index (χ2n) is 8.98. The van der Waals surface area contributed by atoms with Crippen molar-refractivity contribution in [1.82, 2.24) is 18.5 Å². The maximum absolute atomic E-state index is 13.2. The summed E-state index contributed by atoms with van der Waals surface area (Å²) in [5.41, 5.74) is 1.97. The van der Waals surface area contributed by atoms with Crippen LogP contribution >= 0.6 is 0 Å². The van der Waals surface area contributed by atoms with Crippen molar-refractivity contribution in [1.29, 1.82) is 10.8 Å². The number of pyridine rings is 1. The minimum absolute atomic E-state index is 0.0953. The van der Waals surface area contributed by atoms with E-state index >= 15 is 0 Å². The smallest absolute Gasteiger partial charge is 0.282 e. The number of methoxy groups -OCH3 is 1. The van der Waals surface area contributed by atoms with Gasteiger partial charge in [-0.05, 0) is 55.2 Å². The van der Waals surface area contributed by atoms with E-state index in [4.69, 9.17) is 15.6 Å². The number of amidine groups is 1. The Labute approximate surface area is 216 Å². The maximum Gasteiger partial charge on any atom is 0.282 e. The molecule has 0 radical (unpaired) electrons. The Morgan fingerprint density at radius 2 is 1.92 bits per heavy atom. The van der Waals surface area contributed by atoms with E-state index in [1.54, 1.807) is 37.3 Å². The summed E-state index contributed by atoms with van der Waals surface area (Å²) in [6.45, 7) is 2.85. The molecule has 4 N–H and O–H groups in total. The van der Waals surface area contributed by atoms with Crippen molar-refractivity contribution in [2.75, 3.05) is 32.1 Å². The van der Waals surface area contributed by atoms with Gasteiger partial charge in [0.15, 0.2) is 5.84 Å². The third-order valence-corrected chi connectivity index (χ3v) is 8.48. The van der Waals surface area contributed by atoms with E-state index in [1.807, 2.05) is 0 Å². The summed E-state index contributed by atoms with van der Waals surface area (Å²) in [4.78, 5) is 18.8. The fourth-order valence-electron chi connectivity index (χ4n) is 4.44. The Bertz CT molecular complexity index is 1310. The van der Waals surface area contributed by atoms with Gasteiger partial charge in [0.2, 0.25) is 0 Å². The first kappa shape index (κ1) is 26.7. The molecular formula is C24H31N7O5S. The molecule has 1 aromatic heterocycles. The number of aliphatic hydroxyl groups is 1. The van der Waals surface area contributed by atoms with Crippen LogP contribution in [0.25, 0.3) is 0 Å². The maximum atomic E-state index is 13.2. The molecule has 0 saturated carbocycles. The van der Waals surface area contributed by atoms with Crippen molar-refractivity contribution in [3.05, 3.63) is 52.7 Å².